The molecule has 3 N–H and O–H groups in total. The van der Waals surface area contributed by atoms with E-state index in [2.05, 4.69) is 10.3 Å². The molecule has 0 radical (unpaired) electrons. The maximum absolute atomic E-state index is 12.5. The zero-order chi connectivity index (χ0) is 14.8. The third-order valence-corrected chi connectivity index (χ3v) is 2.45. The van der Waals surface area contributed by atoms with Crippen LogP contribution in [0, 0.1) is 0 Å². The molecule has 104 valence electrons. The van der Waals surface area contributed by atoms with Crippen LogP contribution in [0.15, 0.2) is 42.5 Å². The number of alkyl halides is 3. The zero-order valence-electron chi connectivity index (χ0n) is 10.1. The van der Waals surface area contributed by atoms with Gasteiger partial charge in [0, 0.05) is 5.69 Å². The number of hydrogen-bond acceptors (Lipinski definition) is 3. The van der Waals surface area contributed by atoms with E-state index in [-0.39, 0.29) is 17.2 Å². The van der Waals surface area contributed by atoms with Crippen molar-refractivity contribution in [1.82, 2.24) is 4.98 Å². The number of nitrogens with two attached hydrogens (primary N) is 1. The predicted octanol–water partition coefficient (Wildman–Crippen LogP) is 2.93. The monoisotopic (exact) mass is 281 g/mol. The second kappa shape index (κ2) is 5.20. The second-order valence-electron chi connectivity index (χ2n) is 3.98. The number of halogens is 3. The molecule has 0 aliphatic heterocycles. The Morgan fingerprint density at radius 3 is 2.50 bits per heavy atom. The number of pyridine rings is 1. The molecule has 2 rings (SSSR count). The van der Waals surface area contributed by atoms with Gasteiger partial charge in [0.15, 0.2) is 0 Å². The molecular weight excluding hydrogens is 271 g/mol. The Labute approximate surface area is 112 Å². The smallest absolute Gasteiger partial charge is 0.384 e. The van der Waals surface area contributed by atoms with Gasteiger partial charge in [-0.15, -0.1) is 0 Å². The average molecular weight is 281 g/mol. The van der Waals surface area contributed by atoms with E-state index in [4.69, 9.17) is 5.73 Å². The first kappa shape index (κ1) is 13.9. The number of anilines is 2. The summed E-state index contributed by atoms with van der Waals surface area (Å²) >= 11 is 0. The van der Waals surface area contributed by atoms with E-state index in [1.54, 1.807) is 0 Å². The van der Waals surface area contributed by atoms with Crippen LogP contribution in [-0.2, 0) is 6.18 Å². The molecule has 0 atom stereocenters. The number of benzene rings is 1. The van der Waals surface area contributed by atoms with Gasteiger partial charge in [-0.25, -0.2) is 4.98 Å². The maximum Gasteiger partial charge on any atom is 0.416 e. The topological polar surface area (TPSA) is 68.0 Å². The van der Waals surface area contributed by atoms with Crippen LogP contribution in [0.5, 0.6) is 0 Å². The summed E-state index contributed by atoms with van der Waals surface area (Å²) in [6, 6.07) is 8.80. The number of carbonyl (C=O) groups is 1. The van der Waals surface area contributed by atoms with Crippen LogP contribution in [0.1, 0.15) is 16.1 Å². The van der Waals surface area contributed by atoms with Crippen LogP contribution in [0.3, 0.4) is 0 Å². The molecule has 7 heteroatoms. The average Bonchev–Trinajstić information content (AvgIpc) is 2.38. The van der Waals surface area contributed by atoms with Crippen molar-refractivity contribution < 1.29 is 18.0 Å². The van der Waals surface area contributed by atoms with Gasteiger partial charge in [-0.3, -0.25) is 4.79 Å². The van der Waals surface area contributed by atoms with Crippen LogP contribution >= 0.6 is 0 Å². The van der Waals surface area contributed by atoms with Gasteiger partial charge in [-0.1, -0.05) is 12.1 Å². The number of rotatable bonds is 2. The van der Waals surface area contributed by atoms with E-state index in [9.17, 15) is 18.0 Å². The Hall–Kier alpha value is -2.57. The van der Waals surface area contributed by atoms with Crippen molar-refractivity contribution in [2.75, 3.05) is 11.1 Å². The molecule has 0 fully saturated rings. The van der Waals surface area contributed by atoms with Crippen LogP contribution in [0.2, 0.25) is 0 Å². The minimum absolute atomic E-state index is 0.0300. The lowest BCUT2D eigenvalue weighted by molar-refractivity contribution is -0.137. The van der Waals surface area contributed by atoms with Gasteiger partial charge in [0.1, 0.15) is 11.5 Å². The number of hydrogen-bond donors (Lipinski definition) is 2. The molecular formula is C13H10F3N3O. The van der Waals surface area contributed by atoms with Crippen LogP contribution in [0.25, 0.3) is 0 Å². The minimum atomic E-state index is -4.46. The summed E-state index contributed by atoms with van der Waals surface area (Å²) in [5, 5.41) is 2.34. The number of nitrogen functional groups attached to an aromatic ring is 1. The lowest BCUT2D eigenvalue weighted by Crippen LogP contribution is -2.15. The van der Waals surface area contributed by atoms with Crippen molar-refractivity contribution in [1.29, 1.82) is 0 Å². The van der Waals surface area contributed by atoms with E-state index in [0.29, 0.717) is 0 Å². The van der Waals surface area contributed by atoms with Gasteiger partial charge in [0.2, 0.25) is 0 Å². The molecule has 2 aromatic rings. The van der Waals surface area contributed by atoms with Crippen molar-refractivity contribution in [3.63, 3.8) is 0 Å². The third kappa shape index (κ3) is 3.25. The molecule has 0 unspecified atom stereocenters. The van der Waals surface area contributed by atoms with Gasteiger partial charge in [0.25, 0.3) is 5.91 Å². The summed E-state index contributed by atoms with van der Waals surface area (Å²) in [4.78, 5) is 15.6. The molecule has 1 aromatic heterocycles. The van der Waals surface area contributed by atoms with Gasteiger partial charge < -0.3 is 11.1 Å². The molecule has 0 saturated carbocycles. The lowest BCUT2D eigenvalue weighted by atomic mass is 10.2. The van der Waals surface area contributed by atoms with Gasteiger partial charge in [0.05, 0.1) is 5.56 Å². The number of nitrogens with zero attached hydrogens (tertiary/aromatic N) is 1. The number of nitrogens with one attached hydrogen (secondary N) is 1. The molecule has 0 spiro atoms. The van der Waals surface area contributed by atoms with Crippen molar-refractivity contribution in [3.8, 4) is 0 Å². The van der Waals surface area contributed by atoms with Gasteiger partial charge >= 0.3 is 6.18 Å². The van der Waals surface area contributed by atoms with E-state index in [1.807, 2.05) is 0 Å². The normalized spacial score (nSPS) is 11.2. The molecule has 20 heavy (non-hydrogen) atoms. The Morgan fingerprint density at radius 2 is 1.85 bits per heavy atom. The van der Waals surface area contributed by atoms with Gasteiger partial charge in [-0.2, -0.15) is 13.2 Å². The zero-order valence-corrected chi connectivity index (χ0v) is 10.1. The first-order valence-corrected chi connectivity index (χ1v) is 5.57. The Morgan fingerprint density at radius 1 is 1.15 bits per heavy atom. The van der Waals surface area contributed by atoms with Crippen LogP contribution < -0.4 is 11.1 Å². The summed E-state index contributed by atoms with van der Waals surface area (Å²) in [5.41, 5.74) is 4.66. The number of aromatic nitrogens is 1. The first-order valence-electron chi connectivity index (χ1n) is 5.57. The Bertz CT molecular complexity index is 641. The molecule has 0 saturated heterocycles. The molecule has 4 nitrogen and oxygen atoms in total. The fourth-order valence-electron chi connectivity index (χ4n) is 1.55. The standard InChI is InChI=1S/C13H10F3N3O/c14-13(15,16)8-3-1-4-9(7-8)18-12(20)10-5-2-6-11(17)19-10/h1-7H,(H2,17,19)(H,18,20). The molecule has 0 bridgehead atoms. The fourth-order valence-corrected chi connectivity index (χ4v) is 1.55. The maximum atomic E-state index is 12.5. The molecule has 1 aromatic carbocycles. The highest BCUT2D eigenvalue weighted by atomic mass is 19.4. The van der Waals surface area contributed by atoms with Crippen molar-refractivity contribution in [3.05, 3.63) is 53.7 Å². The lowest BCUT2D eigenvalue weighted by Gasteiger charge is -2.09. The Balaban J connectivity index is 2.20. The number of carbonyl (C=O) groups excluding carboxylic acids is 1. The van der Waals surface area contributed by atoms with Crippen molar-refractivity contribution >= 4 is 17.4 Å². The first-order chi connectivity index (χ1) is 9.36. The molecule has 1 amide bonds. The highest BCUT2D eigenvalue weighted by Crippen LogP contribution is 2.30. The predicted molar refractivity (Wildman–Crippen MR) is 68.0 cm³/mol. The Kier molecular flexibility index (Phi) is 3.60. The summed E-state index contributed by atoms with van der Waals surface area (Å²) in [5.74, 6) is -0.474. The molecule has 0 aliphatic carbocycles. The minimum Gasteiger partial charge on any atom is -0.384 e. The summed E-state index contributed by atoms with van der Waals surface area (Å²) in [6.45, 7) is 0. The van der Waals surface area contributed by atoms with Crippen LogP contribution in [-0.4, -0.2) is 10.9 Å². The summed E-state index contributed by atoms with van der Waals surface area (Å²) in [7, 11) is 0. The van der Waals surface area contributed by atoms with E-state index in [0.717, 1.165) is 12.1 Å². The fraction of sp³-hybridized carbons (Fsp3) is 0.0769. The van der Waals surface area contributed by atoms with E-state index in [1.165, 1.54) is 30.3 Å². The summed E-state index contributed by atoms with van der Waals surface area (Å²) in [6.07, 6.45) is -4.46. The van der Waals surface area contributed by atoms with Crippen LogP contribution in [0.4, 0.5) is 24.7 Å². The highest BCUT2D eigenvalue weighted by Gasteiger charge is 2.30. The highest BCUT2D eigenvalue weighted by molar-refractivity contribution is 6.03. The van der Waals surface area contributed by atoms with Gasteiger partial charge in [-0.05, 0) is 30.3 Å². The molecule has 1 heterocycles. The van der Waals surface area contributed by atoms with Crippen molar-refractivity contribution in [2.24, 2.45) is 0 Å². The van der Waals surface area contributed by atoms with Crippen molar-refractivity contribution in [2.45, 2.75) is 6.18 Å². The van der Waals surface area contributed by atoms with E-state index < -0.39 is 17.6 Å². The SMILES string of the molecule is Nc1cccc(C(=O)Nc2cccc(C(F)(F)F)c2)n1. The quantitative estimate of drug-likeness (QED) is 0.889. The largest absolute Gasteiger partial charge is 0.416 e. The summed E-state index contributed by atoms with van der Waals surface area (Å²) < 4.78 is 37.6. The number of amides is 1. The third-order valence-electron chi connectivity index (χ3n) is 2.45. The second-order valence-corrected chi connectivity index (χ2v) is 3.98. The van der Waals surface area contributed by atoms with E-state index >= 15 is 0 Å². The molecule has 0 aliphatic rings.